The van der Waals surface area contributed by atoms with Gasteiger partial charge < -0.3 is 4.74 Å². The molecule has 102 valence electrons. The number of nitrogens with zero attached hydrogens (tertiary/aromatic N) is 1. The number of rotatable bonds is 3. The molecule has 1 heterocycles. The van der Waals surface area contributed by atoms with Crippen molar-refractivity contribution in [2.75, 3.05) is 6.54 Å². The van der Waals surface area contributed by atoms with Gasteiger partial charge in [0.15, 0.2) is 0 Å². The molecule has 1 aliphatic rings. The van der Waals surface area contributed by atoms with Gasteiger partial charge in [0.1, 0.15) is 11.3 Å². The molecule has 0 aliphatic carbocycles. The molecule has 6 heteroatoms. The Morgan fingerprint density at radius 1 is 1.21 bits per heavy atom. The number of benzene rings is 1. The molecule has 2 nitrogen and oxygen atoms in total. The van der Waals surface area contributed by atoms with Crippen LogP contribution in [0.4, 0.5) is 13.2 Å². The van der Waals surface area contributed by atoms with E-state index in [0.717, 1.165) is 6.08 Å². The average molecular weight is 287 g/mol. The van der Waals surface area contributed by atoms with Gasteiger partial charge in [0.2, 0.25) is 5.88 Å². The number of hydrogen-bond donors (Lipinski definition) is 0. The molecule has 1 aromatic rings. The van der Waals surface area contributed by atoms with Crippen molar-refractivity contribution < 1.29 is 17.9 Å². The van der Waals surface area contributed by atoms with E-state index in [2.05, 4.69) is 0 Å². The fourth-order valence-corrected chi connectivity index (χ4v) is 2.29. The molecular formula is C13H12F3NOS. The normalized spacial score (nSPS) is 15.9. The molecule has 0 fully saturated rings. The van der Waals surface area contributed by atoms with E-state index in [1.165, 1.54) is 21.7 Å². The van der Waals surface area contributed by atoms with E-state index in [9.17, 15) is 13.2 Å². The van der Waals surface area contributed by atoms with Crippen molar-refractivity contribution in [2.45, 2.75) is 13.1 Å². The van der Waals surface area contributed by atoms with Crippen molar-refractivity contribution in [2.24, 2.45) is 0 Å². The maximum absolute atomic E-state index is 13.0. The highest BCUT2D eigenvalue weighted by atomic mass is 32.2. The molecule has 19 heavy (non-hydrogen) atoms. The van der Waals surface area contributed by atoms with Crippen molar-refractivity contribution >= 4 is 11.9 Å². The third-order valence-corrected chi connectivity index (χ3v) is 3.37. The summed E-state index contributed by atoms with van der Waals surface area (Å²) in [6.45, 7) is 2.19. The highest BCUT2D eigenvalue weighted by Crippen LogP contribution is 2.37. The minimum absolute atomic E-state index is 0.172. The maximum atomic E-state index is 13.0. The van der Waals surface area contributed by atoms with Crippen molar-refractivity contribution in [3.05, 3.63) is 53.3 Å². The molecule has 1 aromatic carbocycles. The third kappa shape index (κ3) is 3.26. The Labute approximate surface area is 113 Å². The molecule has 0 saturated heterocycles. The fourth-order valence-electron chi connectivity index (χ4n) is 1.57. The van der Waals surface area contributed by atoms with Crippen LogP contribution in [0.3, 0.4) is 0 Å². The Bertz CT molecular complexity index is 496. The second-order valence-corrected chi connectivity index (χ2v) is 4.66. The lowest BCUT2D eigenvalue weighted by molar-refractivity contribution is -0.0919. The first-order valence-electron chi connectivity index (χ1n) is 5.67. The van der Waals surface area contributed by atoms with Gasteiger partial charge in [0.25, 0.3) is 0 Å². The quantitative estimate of drug-likeness (QED) is 0.767. The molecule has 0 N–H and O–H groups in total. The monoisotopic (exact) mass is 287 g/mol. The lowest BCUT2D eigenvalue weighted by Gasteiger charge is -2.28. The summed E-state index contributed by atoms with van der Waals surface area (Å²) in [5.41, 5.74) is -0.767. The van der Waals surface area contributed by atoms with Crippen LogP contribution < -0.4 is 4.74 Å². The molecule has 0 unspecified atom stereocenters. The van der Waals surface area contributed by atoms with Crippen LogP contribution in [-0.2, 0) is 0 Å². The van der Waals surface area contributed by atoms with Crippen molar-refractivity contribution in [1.82, 2.24) is 4.31 Å². The molecule has 1 aliphatic heterocycles. The minimum Gasteiger partial charge on any atom is -0.440 e. The Morgan fingerprint density at radius 3 is 2.47 bits per heavy atom. The molecule has 0 spiro atoms. The van der Waals surface area contributed by atoms with E-state index >= 15 is 0 Å². The maximum Gasteiger partial charge on any atom is 0.421 e. The first-order chi connectivity index (χ1) is 9.02. The van der Waals surface area contributed by atoms with E-state index in [1.807, 2.05) is 0 Å². The average Bonchev–Trinajstić information content (AvgIpc) is 2.39. The summed E-state index contributed by atoms with van der Waals surface area (Å²) in [6.07, 6.45) is -3.40. The van der Waals surface area contributed by atoms with E-state index in [1.54, 1.807) is 37.3 Å². The third-order valence-electron chi connectivity index (χ3n) is 2.43. The fraction of sp³-hybridized carbons (Fsp3) is 0.231. The summed E-state index contributed by atoms with van der Waals surface area (Å²) in [4.78, 5) is 0. The van der Waals surface area contributed by atoms with Crippen molar-refractivity contribution in [3.63, 3.8) is 0 Å². The molecule has 0 radical (unpaired) electrons. The van der Waals surface area contributed by atoms with Crippen LogP contribution in [0.1, 0.15) is 6.92 Å². The minimum atomic E-state index is -4.44. The topological polar surface area (TPSA) is 12.5 Å². The number of allylic oxidation sites excluding steroid dienone is 2. The predicted octanol–water partition coefficient (Wildman–Crippen LogP) is 4.34. The van der Waals surface area contributed by atoms with Crippen LogP contribution in [0, 0.1) is 0 Å². The Kier molecular flexibility index (Phi) is 4.09. The molecule has 0 amide bonds. The van der Waals surface area contributed by atoms with Gasteiger partial charge in [-0.2, -0.15) is 13.2 Å². The van der Waals surface area contributed by atoms with Crippen LogP contribution in [0.15, 0.2) is 53.3 Å². The summed E-state index contributed by atoms with van der Waals surface area (Å²) < 4.78 is 45.8. The van der Waals surface area contributed by atoms with Gasteiger partial charge >= 0.3 is 6.18 Å². The van der Waals surface area contributed by atoms with Crippen LogP contribution in [0.2, 0.25) is 0 Å². The van der Waals surface area contributed by atoms with Crippen LogP contribution in [0.5, 0.6) is 5.75 Å². The summed E-state index contributed by atoms with van der Waals surface area (Å²) in [5.74, 6) is 0.210. The predicted molar refractivity (Wildman–Crippen MR) is 69.3 cm³/mol. The van der Waals surface area contributed by atoms with Gasteiger partial charge in [0.05, 0.1) is 0 Å². The lowest BCUT2D eigenvalue weighted by Crippen LogP contribution is -2.27. The lowest BCUT2D eigenvalue weighted by atomic mass is 10.2. The molecule has 0 saturated carbocycles. The second-order valence-electron chi connectivity index (χ2n) is 3.73. The second kappa shape index (κ2) is 5.61. The van der Waals surface area contributed by atoms with E-state index < -0.39 is 11.7 Å². The van der Waals surface area contributed by atoms with Crippen LogP contribution >= 0.6 is 11.9 Å². The van der Waals surface area contributed by atoms with Crippen LogP contribution in [-0.4, -0.2) is 17.0 Å². The SMILES string of the molecule is CCN1SC=CC(C(F)(F)F)=C1Oc1ccccc1. The van der Waals surface area contributed by atoms with E-state index in [-0.39, 0.29) is 5.88 Å². The van der Waals surface area contributed by atoms with E-state index in [4.69, 9.17) is 4.74 Å². The Morgan fingerprint density at radius 2 is 1.89 bits per heavy atom. The summed E-state index contributed by atoms with van der Waals surface area (Å²) in [7, 11) is 0. The highest BCUT2D eigenvalue weighted by molar-refractivity contribution is 8.00. The Balaban J connectivity index is 2.38. The van der Waals surface area contributed by atoms with Crippen molar-refractivity contribution in [1.29, 1.82) is 0 Å². The Hall–Kier alpha value is -1.56. The number of ether oxygens (including phenoxy) is 1. The highest BCUT2D eigenvalue weighted by Gasteiger charge is 2.39. The smallest absolute Gasteiger partial charge is 0.421 e. The molecule has 0 aromatic heterocycles. The van der Waals surface area contributed by atoms with Gasteiger partial charge in [-0.1, -0.05) is 18.2 Å². The zero-order valence-electron chi connectivity index (χ0n) is 10.1. The largest absolute Gasteiger partial charge is 0.440 e. The molecule has 0 atom stereocenters. The standard InChI is InChI=1S/C13H12F3NOS/c1-2-17-12(18-10-6-4-3-5-7-10)11(8-9-19-17)13(14,15)16/h3-9H,2H2,1H3. The van der Waals surface area contributed by atoms with Gasteiger partial charge in [-0.25, -0.2) is 0 Å². The van der Waals surface area contributed by atoms with Gasteiger partial charge in [-0.05, 0) is 42.5 Å². The van der Waals surface area contributed by atoms with Crippen molar-refractivity contribution in [3.8, 4) is 5.75 Å². The summed E-state index contributed by atoms with van der Waals surface area (Å²) in [6, 6.07) is 8.45. The first-order valence-corrected chi connectivity index (χ1v) is 6.51. The van der Waals surface area contributed by atoms with Gasteiger partial charge in [-0.3, -0.25) is 4.31 Å². The first kappa shape index (κ1) is 13.9. The van der Waals surface area contributed by atoms with Gasteiger partial charge in [0, 0.05) is 6.54 Å². The zero-order chi connectivity index (χ0) is 13.9. The van der Waals surface area contributed by atoms with Crippen LogP contribution in [0.25, 0.3) is 0 Å². The summed E-state index contributed by atoms with van der Waals surface area (Å²) in [5, 5.41) is 1.41. The zero-order valence-corrected chi connectivity index (χ0v) is 11.0. The molecule has 0 bridgehead atoms. The summed E-state index contributed by atoms with van der Waals surface area (Å²) >= 11 is 1.18. The van der Waals surface area contributed by atoms with Gasteiger partial charge in [-0.15, -0.1) is 0 Å². The number of hydrogen-bond acceptors (Lipinski definition) is 3. The van der Waals surface area contributed by atoms with E-state index in [0.29, 0.717) is 12.3 Å². The number of para-hydroxylation sites is 1. The molecule has 2 rings (SSSR count). The number of halogens is 3. The molecular weight excluding hydrogens is 275 g/mol. The number of alkyl halides is 3.